The zero-order valence-corrected chi connectivity index (χ0v) is 6.10. The molecule has 1 heteroatoms. The number of aliphatic hydroxyl groups is 1. The molecule has 0 radical (unpaired) electrons. The van der Waals surface area contributed by atoms with E-state index in [1.165, 1.54) is 31.9 Å². The van der Waals surface area contributed by atoms with Gasteiger partial charge < -0.3 is 5.11 Å². The Labute approximate surface area is 58.9 Å². The summed E-state index contributed by atoms with van der Waals surface area (Å²) in [5.41, 5.74) is 0. The van der Waals surface area contributed by atoms with Crippen LogP contribution in [0.2, 0.25) is 0 Å². The molecule has 0 spiro atoms. The van der Waals surface area contributed by atoms with Gasteiger partial charge in [0.1, 0.15) is 0 Å². The summed E-state index contributed by atoms with van der Waals surface area (Å²) in [7, 11) is 0. The summed E-state index contributed by atoms with van der Waals surface area (Å²) in [6, 6.07) is 0. The summed E-state index contributed by atoms with van der Waals surface area (Å²) < 4.78 is 6.33. The molecule has 0 heterocycles. The number of hydrogen-bond acceptors (Lipinski definition) is 1. The maximum atomic E-state index is 6.33. The Kier molecular flexibility index (Phi) is 5.58. The first-order valence-corrected chi connectivity index (χ1v) is 3.68. The molecule has 0 unspecified atom stereocenters. The summed E-state index contributed by atoms with van der Waals surface area (Å²) >= 11 is 0. The molecule has 9 heavy (non-hydrogen) atoms. The second-order valence-electron chi connectivity index (χ2n) is 2.22. The van der Waals surface area contributed by atoms with E-state index in [0.29, 0.717) is 0 Å². The number of unbranched alkanes of at least 4 members (excludes halogenated alkanes) is 4. The Balaban J connectivity index is 2.83. The van der Waals surface area contributed by atoms with Crippen molar-refractivity contribution in [1.29, 1.82) is 1.43 Å². The third-order valence-electron chi connectivity index (χ3n) is 1.32. The first kappa shape index (κ1) is 6.66. The third kappa shape index (κ3) is 7.54. The van der Waals surface area contributed by atoms with Crippen LogP contribution in [0.25, 0.3) is 1.43 Å². The summed E-state index contributed by atoms with van der Waals surface area (Å²) in [6.45, 7) is 2.20. The van der Waals surface area contributed by atoms with Gasteiger partial charge in [-0.25, -0.2) is 0 Å². The lowest BCUT2D eigenvalue weighted by Gasteiger charge is -1.92. The van der Waals surface area contributed by atoms with Crippen molar-refractivity contribution >= 4 is 0 Å². The van der Waals surface area contributed by atoms with Gasteiger partial charge in [-0.1, -0.05) is 32.3 Å². The Bertz CT molecular complexity index is 81.3. The SMILES string of the molecule is [2H]OC=CCCCCCC. The fraction of sp³-hybridized carbons (Fsp3) is 0.750. The van der Waals surface area contributed by atoms with Crippen LogP contribution in [0.15, 0.2) is 12.3 Å². The second-order valence-corrected chi connectivity index (χ2v) is 2.22. The van der Waals surface area contributed by atoms with E-state index >= 15 is 0 Å². The van der Waals surface area contributed by atoms with Crippen LogP contribution in [0.1, 0.15) is 39.0 Å². The molecule has 0 aliphatic rings. The minimum atomic E-state index is 1.04. The van der Waals surface area contributed by atoms with E-state index in [9.17, 15) is 0 Å². The van der Waals surface area contributed by atoms with Crippen LogP contribution >= 0.6 is 0 Å². The highest BCUT2D eigenvalue weighted by Crippen LogP contribution is 2.01. The van der Waals surface area contributed by atoms with Crippen LogP contribution in [-0.4, -0.2) is 5.11 Å². The lowest BCUT2D eigenvalue weighted by molar-refractivity contribution is 0.469. The Hall–Kier alpha value is -0.460. The van der Waals surface area contributed by atoms with Gasteiger partial charge in [0.15, 0.2) is 0 Å². The molecular formula is C8H16O. The fourth-order valence-electron chi connectivity index (χ4n) is 0.757. The Morgan fingerprint density at radius 1 is 1.44 bits per heavy atom. The zero-order chi connectivity index (χ0) is 7.66. The van der Waals surface area contributed by atoms with Crippen molar-refractivity contribution in [3.63, 3.8) is 0 Å². The van der Waals surface area contributed by atoms with Crippen molar-refractivity contribution < 1.29 is 5.11 Å². The number of rotatable bonds is 6. The minimum Gasteiger partial charge on any atom is -0.516 e. The van der Waals surface area contributed by atoms with Crippen molar-refractivity contribution in [3.8, 4) is 0 Å². The first-order valence-electron chi connectivity index (χ1n) is 4.09. The van der Waals surface area contributed by atoms with E-state index in [2.05, 4.69) is 12.0 Å². The van der Waals surface area contributed by atoms with Crippen LogP contribution < -0.4 is 0 Å². The van der Waals surface area contributed by atoms with Gasteiger partial charge in [0.05, 0.1) is 6.26 Å². The molecule has 0 amide bonds. The molecule has 1 N–H and O–H groups in total. The van der Waals surface area contributed by atoms with Gasteiger partial charge in [0, 0.05) is 0 Å². The van der Waals surface area contributed by atoms with E-state index in [1.54, 1.807) is 0 Å². The Morgan fingerprint density at radius 2 is 2.33 bits per heavy atom. The van der Waals surface area contributed by atoms with Crippen LogP contribution in [0.4, 0.5) is 0 Å². The summed E-state index contributed by atoms with van der Waals surface area (Å²) in [5, 5.41) is 4.02. The topological polar surface area (TPSA) is 20.2 Å². The lowest BCUT2D eigenvalue weighted by atomic mass is 10.2. The van der Waals surface area contributed by atoms with Gasteiger partial charge in [0.25, 0.3) is 1.43 Å². The molecule has 0 rings (SSSR count). The molecule has 0 aliphatic heterocycles. The number of hydrogen-bond donors (Lipinski definition) is 1. The highest BCUT2D eigenvalue weighted by molar-refractivity contribution is 4.70. The molecule has 1 nitrogen and oxygen atoms in total. The van der Waals surface area contributed by atoms with E-state index in [1.807, 2.05) is 6.08 Å². The summed E-state index contributed by atoms with van der Waals surface area (Å²) in [6.07, 6.45) is 9.45. The van der Waals surface area contributed by atoms with Crippen LogP contribution in [-0.2, 0) is 0 Å². The predicted molar refractivity (Wildman–Crippen MR) is 40.5 cm³/mol. The highest BCUT2D eigenvalue weighted by Gasteiger charge is 1.82. The summed E-state index contributed by atoms with van der Waals surface area (Å²) in [5.74, 6) is 0. The predicted octanol–water partition coefficient (Wildman–Crippen LogP) is 3.03. The van der Waals surface area contributed by atoms with Crippen LogP contribution in [0, 0.1) is 0 Å². The van der Waals surface area contributed by atoms with Gasteiger partial charge in [0.2, 0.25) is 0 Å². The molecule has 0 aliphatic carbocycles. The van der Waals surface area contributed by atoms with Crippen molar-refractivity contribution in [2.24, 2.45) is 0 Å². The van der Waals surface area contributed by atoms with Crippen molar-refractivity contribution in [2.75, 3.05) is 0 Å². The first-order chi connectivity index (χ1) is 4.91. The molecule has 0 atom stereocenters. The van der Waals surface area contributed by atoms with Crippen molar-refractivity contribution in [3.05, 3.63) is 12.3 Å². The summed E-state index contributed by atoms with van der Waals surface area (Å²) in [4.78, 5) is 0. The van der Waals surface area contributed by atoms with Gasteiger partial charge in [-0.3, -0.25) is 0 Å². The average molecular weight is 129 g/mol. The molecule has 0 saturated carbocycles. The standard InChI is InChI=1S/C8H16O/c1-2-3-4-5-6-7-8-9/h7-9H,2-6H2,1H3/i/hD. The molecule has 0 aromatic carbocycles. The smallest absolute Gasteiger partial charge is 0.292 e. The van der Waals surface area contributed by atoms with Gasteiger partial charge in [-0.05, 0) is 12.8 Å². The maximum absolute atomic E-state index is 6.33. The van der Waals surface area contributed by atoms with Gasteiger partial charge >= 0.3 is 0 Å². The molecule has 0 aromatic heterocycles. The van der Waals surface area contributed by atoms with Gasteiger partial charge in [-0.2, -0.15) is 0 Å². The number of aliphatic hydroxyl groups excluding tert-OH is 1. The Morgan fingerprint density at radius 3 is 3.00 bits per heavy atom. The normalized spacial score (nSPS) is 11.9. The number of allylic oxidation sites excluding steroid dienone is 1. The molecular weight excluding hydrogens is 112 g/mol. The minimum absolute atomic E-state index is 1.04. The van der Waals surface area contributed by atoms with Crippen molar-refractivity contribution in [1.82, 2.24) is 0 Å². The monoisotopic (exact) mass is 129 g/mol. The third-order valence-corrected chi connectivity index (χ3v) is 1.32. The van der Waals surface area contributed by atoms with E-state index in [0.717, 1.165) is 6.42 Å². The fourth-order valence-corrected chi connectivity index (χ4v) is 0.757. The molecule has 0 fully saturated rings. The van der Waals surface area contributed by atoms with E-state index in [4.69, 9.17) is 1.43 Å². The lowest BCUT2D eigenvalue weighted by Crippen LogP contribution is -1.72. The maximum Gasteiger partial charge on any atom is 0.292 e. The molecule has 54 valence electrons. The van der Waals surface area contributed by atoms with Crippen LogP contribution in [0.3, 0.4) is 0 Å². The molecule has 0 aromatic rings. The van der Waals surface area contributed by atoms with Crippen molar-refractivity contribution in [2.45, 2.75) is 39.0 Å². The quantitative estimate of drug-likeness (QED) is 0.431. The second kappa shape index (κ2) is 7.54. The average Bonchev–Trinajstić information content (AvgIpc) is 1.97. The molecule has 0 bridgehead atoms. The van der Waals surface area contributed by atoms with Crippen LogP contribution in [0.5, 0.6) is 0 Å². The zero-order valence-electron chi connectivity index (χ0n) is 7.10. The highest BCUT2D eigenvalue weighted by atomic mass is 16.2. The van der Waals surface area contributed by atoms with Gasteiger partial charge in [-0.15, -0.1) is 0 Å². The molecule has 0 saturated heterocycles. The largest absolute Gasteiger partial charge is 0.516 e. The van der Waals surface area contributed by atoms with E-state index < -0.39 is 0 Å². The van der Waals surface area contributed by atoms with E-state index in [-0.39, 0.29) is 0 Å².